The lowest BCUT2D eigenvalue weighted by atomic mass is 10.2. The van der Waals surface area contributed by atoms with Crippen molar-refractivity contribution in [1.29, 1.82) is 0 Å². The summed E-state index contributed by atoms with van der Waals surface area (Å²) in [6.45, 7) is 1.35. The van der Waals surface area contributed by atoms with Gasteiger partial charge in [0.05, 0.1) is 17.9 Å². The van der Waals surface area contributed by atoms with Crippen molar-refractivity contribution in [2.75, 3.05) is 6.61 Å². The van der Waals surface area contributed by atoms with E-state index in [9.17, 15) is 18.0 Å². The fourth-order valence-electron chi connectivity index (χ4n) is 1.82. The molecule has 1 amide bonds. The molecule has 3 N–H and O–H groups in total. The molecule has 0 aliphatic carbocycles. The number of aliphatic hydroxyl groups excluding tert-OH is 1. The summed E-state index contributed by atoms with van der Waals surface area (Å²) in [5.74, 6) is -0.419. The van der Waals surface area contributed by atoms with Crippen LogP contribution in [0.1, 0.15) is 28.7 Å². The molecule has 130 valence electrons. The van der Waals surface area contributed by atoms with Crippen LogP contribution in [0.3, 0.4) is 0 Å². The number of benzene rings is 1. The zero-order valence-electron chi connectivity index (χ0n) is 12.7. The summed E-state index contributed by atoms with van der Waals surface area (Å²) in [4.78, 5) is 11.8. The molecule has 1 atom stereocenters. The molecule has 2 rings (SSSR count). The highest BCUT2D eigenvalue weighted by Gasteiger charge is 2.30. The van der Waals surface area contributed by atoms with Crippen LogP contribution >= 0.6 is 0 Å². The number of hydrogen-bond donors (Lipinski definition) is 3. The van der Waals surface area contributed by atoms with Gasteiger partial charge in [-0.15, -0.1) is 0 Å². The summed E-state index contributed by atoms with van der Waals surface area (Å²) < 4.78 is 43.1. The third-order valence-electron chi connectivity index (χ3n) is 3.07. The molecule has 1 heterocycles. The van der Waals surface area contributed by atoms with Gasteiger partial charge < -0.3 is 15.2 Å². The molecule has 2 aromatic rings. The molecule has 0 aliphatic rings. The first-order valence-electron chi connectivity index (χ1n) is 7.05. The minimum Gasteiger partial charge on any atom is -0.487 e. The van der Waals surface area contributed by atoms with Gasteiger partial charge in [0.15, 0.2) is 0 Å². The number of H-pyrrole nitrogens is 1. The second-order valence-corrected chi connectivity index (χ2v) is 5.15. The third-order valence-corrected chi connectivity index (χ3v) is 3.07. The highest BCUT2D eigenvalue weighted by atomic mass is 19.4. The Kier molecular flexibility index (Phi) is 5.45. The Morgan fingerprint density at radius 1 is 1.42 bits per heavy atom. The van der Waals surface area contributed by atoms with Gasteiger partial charge in [-0.3, -0.25) is 9.89 Å². The molecule has 0 spiro atoms. The third kappa shape index (κ3) is 4.72. The predicted molar refractivity (Wildman–Crippen MR) is 78.4 cm³/mol. The van der Waals surface area contributed by atoms with Crippen molar-refractivity contribution in [2.45, 2.75) is 25.7 Å². The smallest absolute Gasteiger partial charge is 0.416 e. The van der Waals surface area contributed by atoms with E-state index < -0.39 is 23.7 Å². The molecule has 0 bridgehead atoms. The lowest BCUT2D eigenvalue weighted by Gasteiger charge is -2.09. The van der Waals surface area contributed by atoms with E-state index in [4.69, 9.17) is 9.84 Å². The van der Waals surface area contributed by atoms with Crippen LogP contribution in [0.4, 0.5) is 13.2 Å². The summed E-state index contributed by atoms with van der Waals surface area (Å²) in [6.07, 6.45) is -4.44. The zero-order valence-corrected chi connectivity index (χ0v) is 12.7. The van der Waals surface area contributed by atoms with Gasteiger partial charge >= 0.3 is 6.18 Å². The van der Waals surface area contributed by atoms with E-state index >= 15 is 0 Å². The Morgan fingerprint density at radius 3 is 2.83 bits per heavy atom. The normalized spacial score (nSPS) is 12.7. The van der Waals surface area contributed by atoms with Crippen molar-refractivity contribution >= 4 is 5.91 Å². The van der Waals surface area contributed by atoms with Gasteiger partial charge in [-0.1, -0.05) is 6.07 Å². The number of aliphatic hydroxyl groups is 1. The Balaban J connectivity index is 1.97. The van der Waals surface area contributed by atoms with E-state index in [1.165, 1.54) is 18.2 Å². The second-order valence-electron chi connectivity index (χ2n) is 5.15. The fourth-order valence-corrected chi connectivity index (χ4v) is 1.82. The second kappa shape index (κ2) is 7.35. The average molecular weight is 343 g/mol. The number of carbonyl (C=O) groups excluding carboxylic acids is 1. The van der Waals surface area contributed by atoms with E-state index in [0.29, 0.717) is 5.69 Å². The highest BCUT2D eigenvalue weighted by molar-refractivity contribution is 5.92. The van der Waals surface area contributed by atoms with Crippen LogP contribution in [0.2, 0.25) is 0 Å². The van der Waals surface area contributed by atoms with E-state index in [0.717, 1.165) is 12.1 Å². The van der Waals surface area contributed by atoms with E-state index in [2.05, 4.69) is 15.5 Å². The molecule has 9 heteroatoms. The Bertz CT molecular complexity index is 701. The number of nitrogens with zero attached hydrogens (tertiary/aromatic N) is 1. The van der Waals surface area contributed by atoms with Gasteiger partial charge in [0.25, 0.3) is 5.91 Å². The molecule has 24 heavy (non-hydrogen) atoms. The van der Waals surface area contributed by atoms with Crippen LogP contribution in [-0.2, 0) is 12.8 Å². The maximum absolute atomic E-state index is 12.6. The topological polar surface area (TPSA) is 87.2 Å². The van der Waals surface area contributed by atoms with Gasteiger partial charge in [-0.05, 0) is 31.2 Å². The van der Waals surface area contributed by atoms with Gasteiger partial charge in [-0.2, -0.15) is 18.3 Å². The zero-order chi connectivity index (χ0) is 17.7. The van der Waals surface area contributed by atoms with Gasteiger partial charge in [-0.25, -0.2) is 0 Å². The number of ether oxygens (including phenoxy) is 1. The van der Waals surface area contributed by atoms with Crippen LogP contribution in [0.15, 0.2) is 30.3 Å². The summed E-state index contributed by atoms with van der Waals surface area (Å²) in [5, 5.41) is 17.8. The Hall–Kier alpha value is -2.55. The molecule has 0 aliphatic heterocycles. The number of nitrogens with one attached hydrogen (secondary N) is 2. The lowest BCUT2D eigenvalue weighted by Crippen LogP contribution is -2.35. The molecular weight excluding hydrogens is 327 g/mol. The molecular formula is C15H16F3N3O3. The van der Waals surface area contributed by atoms with E-state index in [1.807, 2.05) is 0 Å². The predicted octanol–water partition coefficient (Wildman–Crippen LogP) is 2.12. The largest absolute Gasteiger partial charge is 0.487 e. The number of aromatic amines is 1. The van der Waals surface area contributed by atoms with E-state index in [1.54, 1.807) is 6.92 Å². The molecule has 0 saturated heterocycles. The average Bonchev–Trinajstić information content (AvgIpc) is 3.01. The maximum Gasteiger partial charge on any atom is 0.416 e. The summed E-state index contributed by atoms with van der Waals surface area (Å²) in [6, 6.07) is 5.51. The standard InChI is InChI=1S/C15H16F3N3O3/c1-9(7-22)19-14(23)13-6-11(20-21-13)8-24-12-4-2-3-10(5-12)15(16,17)18/h2-6,9,22H,7-8H2,1H3,(H,19,23)(H,20,21). The monoisotopic (exact) mass is 343 g/mol. The molecule has 0 radical (unpaired) electrons. The minimum atomic E-state index is -4.44. The quantitative estimate of drug-likeness (QED) is 0.750. The highest BCUT2D eigenvalue weighted by Crippen LogP contribution is 2.31. The first-order valence-corrected chi connectivity index (χ1v) is 7.05. The van der Waals surface area contributed by atoms with Gasteiger partial charge in [0, 0.05) is 6.04 Å². The first-order chi connectivity index (χ1) is 11.3. The van der Waals surface area contributed by atoms with Crippen molar-refractivity contribution < 1.29 is 27.8 Å². The number of carbonyl (C=O) groups is 1. The first kappa shape index (κ1) is 17.8. The molecule has 1 unspecified atom stereocenters. The molecule has 1 aromatic heterocycles. The maximum atomic E-state index is 12.6. The fraction of sp³-hybridized carbons (Fsp3) is 0.333. The summed E-state index contributed by atoms with van der Waals surface area (Å²) in [5.41, 5.74) is -0.283. The van der Waals surface area contributed by atoms with Gasteiger partial charge in [0.2, 0.25) is 0 Å². The van der Waals surface area contributed by atoms with Crippen LogP contribution < -0.4 is 10.1 Å². The van der Waals surface area contributed by atoms with Crippen molar-refractivity contribution in [3.63, 3.8) is 0 Å². The van der Waals surface area contributed by atoms with Crippen LogP contribution in [0, 0.1) is 0 Å². The summed E-state index contributed by atoms with van der Waals surface area (Å²) >= 11 is 0. The van der Waals surface area contributed by atoms with Crippen molar-refractivity contribution in [1.82, 2.24) is 15.5 Å². The molecule has 0 fully saturated rings. The molecule has 0 saturated carbocycles. The van der Waals surface area contributed by atoms with Gasteiger partial charge in [0.1, 0.15) is 18.1 Å². The molecule has 6 nitrogen and oxygen atoms in total. The van der Waals surface area contributed by atoms with Crippen LogP contribution in [0.5, 0.6) is 5.75 Å². The Morgan fingerprint density at radius 2 is 2.17 bits per heavy atom. The SMILES string of the molecule is CC(CO)NC(=O)c1cc(COc2cccc(C(F)(F)F)c2)[nH]n1. The van der Waals surface area contributed by atoms with Crippen LogP contribution in [0.25, 0.3) is 0 Å². The number of amides is 1. The summed E-state index contributed by atoms with van der Waals surface area (Å²) in [7, 11) is 0. The Labute approximate surface area is 135 Å². The van der Waals surface area contributed by atoms with Crippen LogP contribution in [-0.4, -0.2) is 33.9 Å². The molecule has 1 aromatic carbocycles. The number of hydrogen-bond acceptors (Lipinski definition) is 4. The van der Waals surface area contributed by atoms with Crippen molar-refractivity contribution in [2.24, 2.45) is 0 Å². The van der Waals surface area contributed by atoms with Crippen molar-refractivity contribution in [3.05, 3.63) is 47.3 Å². The number of halogens is 3. The number of alkyl halides is 3. The number of rotatable bonds is 6. The minimum absolute atomic E-state index is 0.0549. The van der Waals surface area contributed by atoms with Crippen molar-refractivity contribution in [3.8, 4) is 5.75 Å². The lowest BCUT2D eigenvalue weighted by molar-refractivity contribution is -0.137. The number of aromatic nitrogens is 2. The van der Waals surface area contributed by atoms with E-state index in [-0.39, 0.29) is 24.7 Å².